The zero-order chi connectivity index (χ0) is 17.0. The highest BCUT2D eigenvalue weighted by atomic mass is 19.1. The van der Waals surface area contributed by atoms with Crippen molar-refractivity contribution in [1.29, 1.82) is 0 Å². The molecule has 3 rings (SSSR count). The van der Waals surface area contributed by atoms with E-state index in [-0.39, 0.29) is 5.82 Å². The van der Waals surface area contributed by atoms with Crippen molar-refractivity contribution in [3.8, 4) is 11.4 Å². The van der Waals surface area contributed by atoms with Gasteiger partial charge < -0.3 is 9.72 Å². The normalized spacial score (nSPS) is 10.1. The number of fused-ring (bicyclic) bond motifs is 1. The summed E-state index contributed by atoms with van der Waals surface area (Å²) in [7, 11) is 1.33. The summed E-state index contributed by atoms with van der Waals surface area (Å²) in [5.41, 5.74) is 2.74. The molecule has 0 saturated carbocycles. The average Bonchev–Trinajstić information content (AvgIpc) is 3.04. The molecule has 0 bridgehead atoms. The van der Waals surface area contributed by atoms with E-state index in [2.05, 4.69) is 19.7 Å². The van der Waals surface area contributed by atoms with Crippen LogP contribution < -0.4 is 0 Å². The number of pyridine rings is 1. The number of nitrogens with one attached hydrogen (secondary N) is 1. The minimum absolute atomic E-state index is 0.376. The first-order valence-corrected chi connectivity index (χ1v) is 7.29. The molecule has 0 saturated heterocycles. The van der Waals surface area contributed by atoms with Gasteiger partial charge in [0.05, 0.1) is 24.4 Å². The Balaban J connectivity index is 0.000000924. The van der Waals surface area contributed by atoms with Crippen molar-refractivity contribution < 1.29 is 13.9 Å². The Hall–Kier alpha value is -2.76. The minimum atomic E-state index is -0.397. The lowest BCUT2D eigenvalue weighted by molar-refractivity contribution is 0.0601. The number of aromatic amines is 1. The fourth-order valence-electron chi connectivity index (χ4n) is 2.07. The molecule has 23 heavy (non-hydrogen) atoms. The number of methoxy groups -OCH3 is 1. The summed E-state index contributed by atoms with van der Waals surface area (Å²) in [5, 5.41) is 0. The first-order valence-electron chi connectivity index (χ1n) is 7.29. The SMILES string of the molecule is CC.COC(=O)c1ccc(-c2nc3ncc(F)c(C)c3[nH]2)cc1. The van der Waals surface area contributed by atoms with Gasteiger partial charge in [-0.2, -0.15) is 0 Å². The van der Waals surface area contributed by atoms with E-state index < -0.39 is 5.97 Å². The lowest BCUT2D eigenvalue weighted by Gasteiger charge is -2.00. The van der Waals surface area contributed by atoms with Crippen molar-refractivity contribution in [2.75, 3.05) is 7.11 Å². The van der Waals surface area contributed by atoms with Crippen molar-refractivity contribution in [2.45, 2.75) is 20.8 Å². The average molecular weight is 315 g/mol. The number of H-pyrrole nitrogens is 1. The summed E-state index contributed by atoms with van der Waals surface area (Å²) in [5.74, 6) is -0.202. The van der Waals surface area contributed by atoms with Crippen LogP contribution >= 0.6 is 0 Å². The monoisotopic (exact) mass is 315 g/mol. The number of benzene rings is 1. The number of aromatic nitrogens is 3. The number of carbonyl (C=O) groups is 1. The van der Waals surface area contributed by atoms with E-state index in [4.69, 9.17) is 0 Å². The van der Waals surface area contributed by atoms with Gasteiger partial charge in [-0.05, 0) is 19.1 Å². The number of hydrogen-bond acceptors (Lipinski definition) is 4. The van der Waals surface area contributed by atoms with E-state index in [0.29, 0.717) is 28.1 Å². The third-order valence-corrected chi connectivity index (χ3v) is 3.30. The molecule has 0 spiro atoms. The molecule has 0 unspecified atom stereocenters. The van der Waals surface area contributed by atoms with Gasteiger partial charge in [-0.3, -0.25) is 0 Å². The van der Waals surface area contributed by atoms with E-state index in [1.165, 1.54) is 7.11 Å². The number of hydrogen-bond donors (Lipinski definition) is 1. The predicted octanol–water partition coefficient (Wildman–Crippen LogP) is 3.89. The van der Waals surface area contributed by atoms with Gasteiger partial charge in [0.1, 0.15) is 11.6 Å². The topological polar surface area (TPSA) is 67.9 Å². The number of halogens is 1. The maximum atomic E-state index is 13.5. The van der Waals surface area contributed by atoms with E-state index in [1.807, 2.05) is 13.8 Å². The van der Waals surface area contributed by atoms with Crippen LogP contribution in [0.15, 0.2) is 30.5 Å². The molecule has 6 heteroatoms. The number of ether oxygens (including phenoxy) is 1. The Morgan fingerprint density at radius 1 is 1.22 bits per heavy atom. The van der Waals surface area contributed by atoms with Crippen LogP contribution in [0.3, 0.4) is 0 Å². The summed E-state index contributed by atoms with van der Waals surface area (Å²) in [6.07, 6.45) is 1.16. The Bertz CT molecular complexity index is 826. The zero-order valence-electron chi connectivity index (χ0n) is 13.5. The lowest BCUT2D eigenvalue weighted by atomic mass is 10.1. The van der Waals surface area contributed by atoms with Crippen molar-refractivity contribution in [3.63, 3.8) is 0 Å². The Morgan fingerprint density at radius 3 is 2.48 bits per heavy atom. The van der Waals surface area contributed by atoms with Crippen molar-refractivity contribution in [2.24, 2.45) is 0 Å². The smallest absolute Gasteiger partial charge is 0.337 e. The number of carbonyl (C=O) groups excluding carboxylic acids is 1. The van der Waals surface area contributed by atoms with E-state index in [9.17, 15) is 9.18 Å². The van der Waals surface area contributed by atoms with E-state index >= 15 is 0 Å². The molecule has 0 atom stereocenters. The van der Waals surface area contributed by atoms with Crippen LogP contribution in [0, 0.1) is 12.7 Å². The maximum absolute atomic E-state index is 13.5. The van der Waals surface area contributed by atoms with Gasteiger partial charge in [0.15, 0.2) is 5.65 Å². The third kappa shape index (κ3) is 3.21. The molecule has 5 nitrogen and oxygen atoms in total. The summed E-state index contributed by atoms with van der Waals surface area (Å²) >= 11 is 0. The van der Waals surface area contributed by atoms with Crippen LogP contribution in [-0.4, -0.2) is 28.0 Å². The molecule has 0 aliphatic rings. The second-order valence-corrected chi connectivity index (χ2v) is 4.58. The fraction of sp³-hybridized carbons (Fsp3) is 0.235. The van der Waals surface area contributed by atoms with Crippen LogP contribution in [0.2, 0.25) is 0 Å². The lowest BCUT2D eigenvalue weighted by Crippen LogP contribution is -2.00. The molecular formula is C17H18FN3O2. The highest BCUT2D eigenvalue weighted by molar-refractivity contribution is 5.90. The first-order chi connectivity index (χ1) is 11.1. The van der Waals surface area contributed by atoms with Crippen LogP contribution in [0.1, 0.15) is 29.8 Å². The second kappa shape index (κ2) is 7.00. The van der Waals surface area contributed by atoms with Crippen molar-refractivity contribution >= 4 is 17.1 Å². The zero-order valence-corrected chi connectivity index (χ0v) is 13.5. The summed E-state index contributed by atoms with van der Waals surface area (Å²) in [6.45, 7) is 5.67. The van der Waals surface area contributed by atoms with Gasteiger partial charge in [-0.1, -0.05) is 26.0 Å². The molecule has 2 heterocycles. The summed E-state index contributed by atoms with van der Waals surface area (Å²) in [6, 6.07) is 6.79. The van der Waals surface area contributed by atoms with Gasteiger partial charge in [-0.15, -0.1) is 0 Å². The summed E-state index contributed by atoms with van der Waals surface area (Å²) < 4.78 is 18.1. The molecule has 120 valence electrons. The van der Waals surface area contributed by atoms with Gasteiger partial charge >= 0.3 is 5.97 Å². The Kier molecular flexibility index (Phi) is 5.05. The predicted molar refractivity (Wildman–Crippen MR) is 86.7 cm³/mol. The molecule has 0 amide bonds. The molecule has 3 aromatic rings. The first kappa shape index (κ1) is 16.6. The molecule has 1 N–H and O–H groups in total. The second-order valence-electron chi connectivity index (χ2n) is 4.58. The quantitative estimate of drug-likeness (QED) is 0.729. The Labute approximate surface area is 133 Å². The van der Waals surface area contributed by atoms with E-state index in [1.54, 1.807) is 31.2 Å². The maximum Gasteiger partial charge on any atom is 0.337 e. The largest absolute Gasteiger partial charge is 0.465 e. The van der Waals surface area contributed by atoms with Crippen LogP contribution in [0.4, 0.5) is 4.39 Å². The van der Waals surface area contributed by atoms with Gasteiger partial charge in [0.25, 0.3) is 0 Å². The number of rotatable bonds is 2. The molecule has 2 aromatic heterocycles. The third-order valence-electron chi connectivity index (χ3n) is 3.30. The molecule has 1 aromatic carbocycles. The molecule has 0 aliphatic heterocycles. The molecule has 0 radical (unpaired) electrons. The summed E-state index contributed by atoms with van der Waals surface area (Å²) in [4.78, 5) is 22.7. The fourth-order valence-corrected chi connectivity index (χ4v) is 2.07. The Morgan fingerprint density at radius 2 is 1.87 bits per heavy atom. The van der Waals surface area contributed by atoms with Gasteiger partial charge in [0, 0.05) is 11.1 Å². The number of aryl methyl sites for hydroxylation is 1. The molecule has 0 fully saturated rings. The van der Waals surface area contributed by atoms with Gasteiger partial charge in [-0.25, -0.2) is 19.2 Å². The van der Waals surface area contributed by atoms with Crippen molar-refractivity contribution in [1.82, 2.24) is 15.0 Å². The number of nitrogens with zero attached hydrogens (tertiary/aromatic N) is 2. The molecule has 0 aliphatic carbocycles. The highest BCUT2D eigenvalue weighted by Gasteiger charge is 2.12. The number of imidazole rings is 1. The number of esters is 1. The van der Waals surface area contributed by atoms with Crippen molar-refractivity contribution in [3.05, 3.63) is 47.4 Å². The van der Waals surface area contributed by atoms with Gasteiger partial charge in [0.2, 0.25) is 0 Å². The van der Waals surface area contributed by atoms with Crippen LogP contribution in [0.25, 0.3) is 22.6 Å². The minimum Gasteiger partial charge on any atom is -0.465 e. The van der Waals surface area contributed by atoms with Crippen LogP contribution in [-0.2, 0) is 4.74 Å². The highest BCUT2D eigenvalue weighted by Crippen LogP contribution is 2.23. The van der Waals surface area contributed by atoms with E-state index in [0.717, 1.165) is 11.8 Å². The standard InChI is InChI=1S/C15H12FN3O2.C2H6/c1-8-11(16)7-17-14-12(8)18-13(19-14)9-3-5-10(6-4-9)15(20)21-2;1-2/h3-7H,1-2H3,(H,17,18,19);1-2H3. The van der Waals surface area contributed by atoms with Crippen LogP contribution in [0.5, 0.6) is 0 Å². The molecular weight excluding hydrogens is 297 g/mol.